The van der Waals surface area contributed by atoms with Crippen LogP contribution in [0.3, 0.4) is 0 Å². The molecule has 4 rings (SSSR count). The van der Waals surface area contributed by atoms with Crippen molar-refractivity contribution < 1.29 is 9.90 Å². The number of nitrogens with zero attached hydrogens (tertiary/aromatic N) is 2. The number of amides is 1. The molecule has 0 bridgehead atoms. The van der Waals surface area contributed by atoms with Gasteiger partial charge in [-0.2, -0.15) is 5.10 Å². The van der Waals surface area contributed by atoms with Crippen LogP contribution in [0.1, 0.15) is 23.3 Å². The highest BCUT2D eigenvalue weighted by molar-refractivity contribution is 9.10. The van der Waals surface area contributed by atoms with Crippen LogP contribution in [0.5, 0.6) is 0 Å². The molecule has 2 fully saturated rings. The van der Waals surface area contributed by atoms with Crippen LogP contribution in [-0.2, 0) is 0 Å². The molecule has 5 nitrogen and oxygen atoms in total. The summed E-state index contributed by atoms with van der Waals surface area (Å²) < 4.78 is 1.01. The minimum absolute atomic E-state index is 0.0112. The number of rotatable bonds is 2. The lowest BCUT2D eigenvalue weighted by Gasteiger charge is -2.57. The van der Waals surface area contributed by atoms with Gasteiger partial charge < -0.3 is 10.0 Å². The smallest absolute Gasteiger partial charge is 0.271 e. The first-order chi connectivity index (χ1) is 10.5. The fourth-order valence-corrected chi connectivity index (χ4v) is 3.74. The lowest BCUT2D eigenvalue weighted by molar-refractivity contribution is -0.113. The summed E-state index contributed by atoms with van der Waals surface area (Å²) in [6.07, 6.45) is 1.47. The van der Waals surface area contributed by atoms with Crippen LogP contribution in [0.15, 0.2) is 34.8 Å². The quantitative estimate of drug-likeness (QED) is 0.862. The third kappa shape index (κ3) is 2.27. The Morgan fingerprint density at radius 1 is 1.32 bits per heavy atom. The Balaban J connectivity index is 1.45. The minimum Gasteiger partial charge on any atom is -0.393 e. The van der Waals surface area contributed by atoms with E-state index in [2.05, 4.69) is 26.1 Å². The average molecular weight is 362 g/mol. The van der Waals surface area contributed by atoms with E-state index in [1.807, 2.05) is 29.2 Å². The molecule has 2 N–H and O–H groups in total. The van der Waals surface area contributed by atoms with E-state index in [0.717, 1.165) is 41.7 Å². The van der Waals surface area contributed by atoms with Crippen LogP contribution >= 0.6 is 15.9 Å². The third-order valence-electron chi connectivity index (χ3n) is 4.63. The normalized spacial score (nSPS) is 19.8. The van der Waals surface area contributed by atoms with Crippen LogP contribution < -0.4 is 0 Å². The van der Waals surface area contributed by atoms with Gasteiger partial charge in [0.25, 0.3) is 5.91 Å². The Bertz CT molecular complexity index is 711. The predicted octanol–water partition coefficient (Wildman–Crippen LogP) is 2.44. The van der Waals surface area contributed by atoms with E-state index >= 15 is 0 Å². The van der Waals surface area contributed by atoms with Crippen molar-refractivity contribution in [1.29, 1.82) is 0 Å². The number of aromatic nitrogens is 2. The van der Waals surface area contributed by atoms with Gasteiger partial charge in [0.2, 0.25) is 0 Å². The van der Waals surface area contributed by atoms with Gasteiger partial charge in [0.1, 0.15) is 5.69 Å². The maximum absolute atomic E-state index is 12.4. The number of hydrogen-bond donors (Lipinski definition) is 2. The maximum Gasteiger partial charge on any atom is 0.271 e. The van der Waals surface area contributed by atoms with E-state index in [4.69, 9.17) is 0 Å². The summed E-state index contributed by atoms with van der Waals surface area (Å²) in [5.74, 6) is -0.0112. The number of carbonyl (C=O) groups is 1. The summed E-state index contributed by atoms with van der Waals surface area (Å²) in [6, 6.07) is 9.62. The molecule has 1 amide bonds. The lowest BCUT2D eigenvalue weighted by Crippen LogP contribution is -2.65. The first-order valence-electron chi connectivity index (χ1n) is 7.33. The number of H-pyrrole nitrogens is 1. The van der Waals surface area contributed by atoms with Gasteiger partial charge in [-0.1, -0.05) is 28.1 Å². The number of likely N-dealkylation sites (tertiary alicyclic amines) is 1. The van der Waals surface area contributed by atoms with Crippen molar-refractivity contribution in [1.82, 2.24) is 15.1 Å². The Kier molecular flexibility index (Phi) is 3.13. The molecule has 1 saturated carbocycles. The SMILES string of the molecule is O=C(c1cc(-c2ccc(Br)cc2)n[nH]1)N1CC2(CC(O)C2)C1. The number of aromatic amines is 1. The van der Waals surface area contributed by atoms with Gasteiger partial charge in [-0.05, 0) is 31.0 Å². The van der Waals surface area contributed by atoms with Crippen molar-refractivity contribution in [3.63, 3.8) is 0 Å². The van der Waals surface area contributed by atoms with Crippen molar-refractivity contribution in [2.45, 2.75) is 18.9 Å². The third-order valence-corrected chi connectivity index (χ3v) is 5.15. The second-order valence-corrected chi connectivity index (χ2v) is 7.31. The average Bonchev–Trinajstić information content (AvgIpc) is 2.91. The standard InChI is InChI=1S/C16H16BrN3O2/c17-11-3-1-10(2-4-11)13-5-14(19-18-13)15(22)20-8-16(9-20)6-12(21)7-16/h1-5,12,21H,6-9H2,(H,18,19). The summed E-state index contributed by atoms with van der Waals surface area (Å²) in [7, 11) is 0. The number of benzene rings is 1. The molecule has 1 spiro atoms. The van der Waals surface area contributed by atoms with E-state index in [-0.39, 0.29) is 17.4 Å². The molecule has 1 aliphatic carbocycles. The van der Waals surface area contributed by atoms with Crippen molar-refractivity contribution in [2.24, 2.45) is 5.41 Å². The number of hydrogen-bond acceptors (Lipinski definition) is 3. The van der Waals surface area contributed by atoms with Gasteiger partial charge in [0.15, 0.2) is 0 Å². The Morgan fingerprint density at radius 3 is 2.64 bits per heavy atom. The van der Waals surface area contributed by atoms with E-state index in [1.165, 1.54) is 0 Å². The molecule has 22 heavy (non-hydrogen) atoms. The molecule has 1 aromatic carbocycles. The highest BCUT2D eigenvalue weighted by Gasteiger charge is 2.53. The van der Waals surface area contributed by atoms with Crippen molar-refractivity contribution >= 4 is 21.8 Å². The van der Waals surface area contributed by atoms with Crippen LogP contribution in [-0.4, -0.2) is 45.3 Å². The molecule has 0 radical (unpaired) electrons. The summed E-state index contributed by atoms with van der Waals surface area (Å²) >= 11 is 3.40. The maximum atomic E-state index is 12.4. The second-order valence-electron chi connectivity index (χ2n) is 6.40. The van der Waals surface area contributed by atoms with Crippen LogP contribution in [0, 0.1) is 5.41 Å². The molecule has 114 valence electrons. The Morgan fingerprint density at radius 2 is 2.00 bits per heavy atom. The molecular weight excluding hydrogens is 346 g/mol. The fraction of sp³-hybridized carbons (Fsp3) is 0.375. The lowest BCUT2D eigenvalue weighted by atomic mass is 9.62. The van der Waals surface area contributed by atoms with Gasteiger partial charge in [-0.15, -0.1) is 0 Å². The topological polar surface area (TPSA) is 69.2 Å². The zero-order valence-electron chi connectivity index (χ0n) is 11.9. The van der Waals surface area contributed by atoms with Gasteiger partial charge in [0, 0.05) is 28.5 Å². The van der Waals surface area contributed by atoms with Crippen molar-refractivity contribution in [2.75, 3.05) is 13.1 Å². The van der Waals surface area contributed by atoms with Gasteiger partial charge in [-0.25, -0.2) is 0 Å². The Labute approximate surface area is 136 Å². The van der Waals surface area contributed by atoms with E-state index in [1.54, 1.807) is 6.07 Å². The van der Waals surface area contributed by atoms with Gasteiger partial charge in [-0.3, -0.25) is 9.89 Å². The second kappa shape index (κ2) is 4.93. The van der Waals surface area contributed by atoms with Gasteiger partial charge >= 0.3 is 0 Å². The summed E-state index contributed by atoms with van der Waals surface area (Å²) in [6.45, 7) is 1.49. The van der Waals surface area contributed by atoms with Crippen molar-refractivity contribution in [3.05, 3.63) is 40.5 Å². The number of aliphatic hydroxyl groups is 1. The molecule has 2 aromatic rings. The number of carbonyl (C=O) groups excluding carboxylic acids is 1. The monoisotopic (exact) mass is 361 g/mol. The van der Waals surface area contributed by atoms with E-state index in [0.29, 0.717) is 5.69 Å². The molecule has 6 heteroatoms. The largest absolute Gasteiger partial charge is 0.393 e. The first kappa shape index (κ1) is 14.0. The summed E-state index contributed by atoms with van der Waals surface area (Å²) in [5, 5.41) is 16.5. The van der Waals surface area contributed by atoms with Crippen LogP contribution in [0.2, 0.25) is 0 Å². The Hall–Kier alpha value is -1.66. The summed E-state index contributed by atoms with van der Waals surface area (Å²) in [4.78, 5) is 14.2. The molecule has 1 saturated heterocycles. The van der Waals surface area contributed by atoms with Crippen LogP contribution in [0.4, 0.5) is 0 Å². The first-order valence-corrected chi connectivity index (χ1v) is 8.13. The van der Waals surface area contributed by atoms with E-state index in [9.17, 15) is 9.90 Å². The molecular formula is C16H16BrN3O2. The van der Waals surface area contributed by atoms with Crippen LogP contribution in [0.25, 0.3) is 11.3 Å². The predicted molar refractivity (Wildman–Crippen MR) is 85.3 cm³/mol. The summed E-state index contributed by atoms with van der Waals surface area (Å²) in [5.41, 5.74) is 2.45. The fourth-order valence-electron chi connectivity index (χ4n) is 3.48. The molecule has 1 aliphatic heterocycles. The minimum atomic E-state index is -0.173. The molecule has 2 heterocycles. The highest BCUT2D eigenvalue weighted by atomic mass is 79.9. The molecule has 1 aromatic heterocycles. The number of nitrogens with one attached hydrogen (secondary N) is 1. The molecule has 0 atom stereocenters. The molecule has 0 unspecified atom stereocenters. The van der Waals surface area contributed by atoms with E-state index < -0.39 is 0 Å². The molecule has 2 aliphatic rings. The highest BCUT2D eigenvalue weighted by Crippen LogP contribution is 2.48. The number of halogens is 1. The van der Waals surface area contributed by atoms with Crippen molar-refractivity contribution in [3.8, 4) is 11.3 Å². The zero-order chi connectivity index (χ0) is 15.3. The number of aliphatic hydroxyl groups excluding tert-OH is 1. The van der Waals surface area contributed by atoms with Gasteiger partial charge in [0.05, 0.1) is 11.8 Å². The zero-order valence-corrected chi connectivity index (χ0v) is 13.5.